The Bertz CT molecular complexity index is 1260. The largest absolute Gasteiger partial charge is 0.586 e. The molecule has 5 rings (SSSR count). The van der Waals surface area contributed by atoms with Gasteiger partial charge in [-0.05, 0) is 6.92 Å². The van der Waals surface area contributed by atoms with E-state index in [0.29, 0.717) is 10.2 Å². The highest BCUT2D eigenvalue weighted by molar-refractivity contribution is 7.22. The van der Waals surface area contributed by atoms with Crippen molar-refractivity contribution in [2.24, 2.45) is 0 Å². The van der Waals surface area contributed by atoms with Gasteiger partial charge in [-0.2, -0.15) is 0 Å². The number of piperidine rings is 1. The van der Waals surface area contributed by atoms with Crippen LogP contribution in [0.5, 0.6) is 11.5 Å². The van der Waals surface area contributed by atoms with Gasteiger partial charge in [0.1, 0.15) is 0 Å². The summed E-state index contributed by atoms with van der Waals surface area (Å²) in [7, 11) is 0. The molecule has 1 aromatic carbocycles. The molecule has 0 spiro atoms. The number of carbonyl (C=O) groups is 1. The number of amides is 1. The zero-order chi connectivity index (χ0) is 24.3. The highest BCUT2D eigenvalue weighted by Gasteiger charge is 2.47. The van der Waals surface area contributed by atoms with E-state index in [0.717, 1.165) is 23.7 Å². The van der Waals surface area contributed by atoms with Gasteiger partial charge < -0.3 is 19.8 Å². The van der Waals surface area contributed by atoms with Crippen molar-refractivity contribution in [3.8, 4) is 11.5 Å². The fourth-order valence-corrected chi connectivity index (χ4v) is 4.81. The first kappa shape index (κ1) is 22.5. The lowest BCUT2D eigenvalue weighted by atomic mass is 9.90. The number of halogens is 4. The normalized spacial score (nSPS) is 22.0. The van der Waals surface area contributed by atoms with E-state index in [9.17, 15) is 27.2 Å². The maximum Gasteiger partial charge on any atom is 0.586 e. The molecule has 2 aliphatic rings. The van der Waals surface area contributed by atoms with Crippen molar-refractivity contribution < 1.29 is 31.8 Å². The number of nitrogens with one attached hydrogen (secondary N) is 2. The lowest BCUT2D eigenvalue weighted by Gasteiger charge is -2.40. The average molecular weight is 499 g/mol. The van der Waals surface area contributed by atoms with Crippen LogP contribution in [0.15, 0.2) is 29.3 Å². The van der Waals surface area contributed by atoms with E-state index in [1.165, 1.54) is 12.1 Å². The van der Waals surface area contributed by atoms with Crippen LogP contribution in [0.3, 0.4) is 0 Å². The van der Waals surface area contributed by atoms with Crippen molar-refractivity contribution >= 4 is 32.6 Å². The highest BCUT2D eigenvalue weighted by Crippen LogP contribution is 2.45. The summed E-state index contributed by atoms with van der Waals surface area (Å²) in [6.07, 6.45) is -2.11. The fourth-order valence-electron chi connectivity index (χ4n) is 3.93. The second-order valence-corrected chi connectivity index (χ2v) is 9.04. The molecule has 1 amide bonds. The Morgan fingerprint density at radius 3 is 2.74 bits per heavy atom. The molecule has 0 unspecified atom stereocenters. The molecule has 0 radical (unpaired) electrons. The van der Waals surface area contributed by atoms with Gasteiger partial charge in [0.2, 0.25) is 5.91 Å². The minimum absolute atomic E-state index is 0.0170. The van der Waals surface area contributed by atoms with Crippen molar-refractivity contribution in [2.75, 3.05) is 18.4 Å². The lowest BCUT2D eigenvalue weighted by molar-refractivity contribution is -0.286. The molecule has 4 heterocycles. The first-order valence-corrected chi connectivity index (χ1v) is 11.0. The van der Waals surface area contributed by atoms with Crippen molar-refractivity contribution in [3.63, 3.8) is 0 Å². The molecule has 2 aliphatic heterocycles. The van der Waals surface area contributed by atoms with Crippen LogP contribution >= 0.6 is 11.3 Å². The van der Waals surface area contributed by atoms with Gasteiger partial charge in [0, 0.05) is 37.8 Å². The first-order chi connectivity index (χ1) is 16.0. The zero-order valence-electron chi connectivity index (χ0n) is 17.5. The second-order valence-electron chi connectivity index (χ2n) is 8.01. The number of benzene rings is 1. The number of alkyl halides is 4. The predicted molar refractivity (Wildman–Crippen MR) is 113 cm³/mol. The number of aromatic amines is 1. The van der Waals surface area contributed by atoms with E-state index in [1.807, 2.05) is 0 Å². The first-order valence-electron chi connectivity index (χ1n) is 10.2. The molecule has 0 aliphatic carbocycles. The Balaban J connectivity index is 1.30. The second kappa shape index (κ2) is 7.91. The third kappa shape index (κ3) is 4.18. The average Bonchev–Trinajstić information content (AvgIpc) is 3.28. The SMILES string of the molecule is C[C@@H](C(=O)Nc1nc2cc3c(cc2s1)OC(F)(F)O3)N1CCC(F)(F)[C@@H](c2c[nH]c(=O)cn2)C1. The summed E-state index contributed by atoms with van der Waals surface area (Å²) in [5.41, 5.74) is -0.133. The summed E-state index contributed by atoms with van der Waals surface area (Å²) in [5.74, 6) is -5.11. The number of thiazole rings is 1. The van der Waals surface area contributed by atoms with Crippen molar-refractivity contribution in [3.05, 3.63) is 40.6 Å². The maximum absolute atomic E-state index is 14.6. The molecule has 14 heteroatoms. The molecule has 2 N–H and O–H groups in total. The highest BCUT2D eigenvalue weighted by atomic mass is 32.1. The molecule has 2 atom stereocenters. The summed E-state index contributed by atoms with van der Waals surface area (Å²) < 4.78 is 64.9. The molecule has 34 heavy (non-hydrogen) atoms. The van der Waals surface area contributed by atoms with Crippen LogP contribution in [0.25, 0.3) is 10.2 Å². The maximum atomic E-state index is 14.6. The molecule has 2 aromatic heterocycles. The van der Waals surface area contributed by atoms with Crippen LogP contribution < -0.4 is 20.3 Å². The van der Waals surface area contributed by atoms with Crippen molar-refractivity contribution in [1.82, 2.24) is 19.9 Å². The van der Waals surface area contributed by atoms with Crippen molar-refractivity contribution in [2.45, 2.75) is 37.5 Å². The molecular weight excluding hydrogens is 482 g/mol. The van der Waals surface area contributed by atoms with Gasteiger partial charge in [-0.15, -0.1) is 8.78 Å². The predicted octanol–water partition coefficient (Wildman–Crippen LogP) is 3.15. The van der Waals surface area contributed by atoms with E-state index in [4.69, 9.17) is 0 Å². The van der Waals surface area contributed by atoms with Crippen LogP contribution in [-0.4, -0.2) is 57.1 Å². The molecule has 1 fully saturated rings. The Kier molecular flexibility index (Phi) is 5.24. The van der Waals surface area contributed by atoms with Gasteiger partial charge in [-0.25, -0.2) is 13.8 Å². The number of carbonyl (C=O) groups excluding carboxylic acids is 1. The number of likely N-dealkylation sites (tertiary alicyclic amines) is 1. The van der Waals surface area contributed by atoms with Gasteiger partial charge in [0.15, 0.2) is 16.6 Å². The van der Waals surface area contributed by atoms with Gasteiger partial charge in [-0.1, -0.05) is 11.3 Å². The van der Waals surface area contributed by atoms with Gasteiger partial charge in [-0.3, -0.25) is 19.5 Å². The summed E-state index contributed by atoms with van der Waals surface area (Å²) in [5, 5.41) is 2.86. The summed E-state index contributed by atoms with van der Waals surface area (Å²) in [4.78, 5) is 36.1. The summed E-state index contributed by atoms with van der Waals surface area (Å²) in [6, 6.07) is 1.86. The van der Waals surface area contributed by atoms with Crippen LogP contribution in [0.2, 0.25) is 0 Å². The Hall–Kier alpha value is -3.26. The van der Waals surface area contributed by atoms with Gasteiger partial charge >= 0.3 is 6.29 Å². The molecule has 1 saturated heterocycles. The van der Waals surface area contributed by atoms with E-state index >= 15 is 0 Å². The van der Waals surface area contributed by atoms with E-state index in [2.05, 4.69) is 29.7 Å². The van der Waals surface area contributed by atoms with Crippen molar-refractivity contribution in [1.29, 1.82) is 0 Å². The van der Waals surface area contributed by atoms with Gasteiger partial charge in [0.05, 0.1) is 34.1 Å². The smallest absolute Gasteiger partial charge is 0.395 e. The lowest BCUT2D eigenvalue weighted by Crippen LogP contribution is -2.52. The Labute approximate surface area is 192 Å². The third-order valence-electron chi connectivity index (χ3n) is 5.78. The molecule has 3 aromatic rings. The molecular formula is C20H17F4N5O4S. The number of fused-ring (bicyclic) bond motifs is 2. The van der Waals surface area contributed by atoms with Crippen LogP contribution in [0.4, 0.5) is 22.7 Å². The standard InChI is InChI=1S/C20H17F4N5O4S/c1-9(29-3-2-19(21,22)10(8-29)12-6-26-16(30)7-25-12)17(31)28-18-27-11-4-13-14(5-15(11)34-18)33-20(23,24)32-13/h4-7,9-10H,2-3,8H2,1H3,(H,26,30)(H,27,28,31)/t9-,10+/m0/s1. The number of H-pyrrole nitrogens is 1. The number of aromatic nitrogens is 3. The molecule has 0 bridgehead atoms. The topological polar surface area (TPSA) is 109 Å². The molecule has 9 nitrogen and oxygen atoms in total. The number of hydrogen-bond donors (Lipinski definition) is 2. The number of rotatable bonds is 4. The third-order valence-corrected chi connectivity index (χ3v) is 6.71. The minimum Gasteiger partial charge on any atom is -0.395 e. The number of ether oxygens (including phenoxy) is 2. The number of nitrogens with zero attached hydrogens (tertiary/aromatic N) is 3. The summed E-state index contributed by atoms with van der Waals surface area (Å²) >= 11 is 1.05. The Morgan fingerprint density at radius 2 is 2.03 bits per heavy atom. The quantitative estimate of drug-likeness (QED) is 0.531. The minimum atomic E-state index is -3.74. The zero-order valence-corrected chi connectivity index (χ0v) is 18.3. The number of anilines is 1. The fraction of sp³-hybridized carbons (Fsp3) is 0.400. The van der Waals surface area contributed by atoms with Gasteiger partial charge in [0.25, 0.3) is 11.5 Å². The number of hydrogen-bond acceptors (Lipinski definition) is 8. The van der Waals surface area contributed by atoms with E-state index in [-0.39, 0.29) is 35.4 Å². The van der Waals surface area contributed by atoms with Crippen LogP contribution in [-0.2, 0) is 4.79 Å². The Morgan fingerprint density at radius 1 is 1.29 bits per heavy atom. The van der Waals surface area contributed by atoms with Crippen LogP contribution in [0, 0.1) is 0 Å². The van der Waals surface area contributed by atoms with E-state index < -0.39 is 42.1 Å². The molecule has 0 saturated carbocycles. The monoisotopic (exact) mass is 499 g/mol. The molecule has 180 valence electrons. The van der Waals surface area contributed by atoms with E-state index in [1.54, 1.807) is 11.8 Å². The summed E-state index contributed by atoms with van der Waals surface area (Å²) in [6.45, 7) is 1.43. The van der Waals surface area contributed by atoms with Crippen LogP contribution in [0.1, 0.15) is 25.0 Å².